The maximum Gasteiger partial charge on any atom is 0.123 e. The first kappa shape index (κ1) is 25.4. The van der Waals surface area contributed by atoms with Crippen LogP contribution in [0.5, 0.6) is 11.5 Å². The molecule has 0 bridgehead atoms. The Morgan fingerprint density at radius 2 is 1.12 bits per heavy atom. The molecular formula is C31H44O2. The molecule has 0 saturated heterocycles. The Kier molecular flexibility index (Phi) is 6.82. The molecule has 2 heteroatoms. The quantitative estimate of drug-likeness (QED) is 0.462. The summed E-state index contributed by atoms with van der Waals surface area (Å²) in [6, 6.07) is 8.52. The molecule has 3 rings (SSSR count). The molecule has 33 heavy (non-hydrogen) atoms. The van der Waals surface area contributed by atoms with Crippen LogP contribution in [0.3, 0.4) is 0 Å². The minimum absolute atomic E-state index is 0.0601. The molecule has 1 aliphatic rings. The molecule has 1 atom stereocenters. The van der Waals surface area contributed by atoms with Gasteiger partial charge in [0, 0.05) is 17.0 Å². The molecule has 0 radical (unpaired) electrons. The lowest BCUT2D eigenvalue weighted by atomic mass is 9.69. The number of phenolic OH excluding ortho intramolecular Hbond substituents is 2. The lowest BCUT2D eigenvalue weighted by Crippen LogP contribution is -2.22. The molecule has 0 spiro atoms. The van der Waals surface area contributed by atoms with Gasteiger partial charge < -0.3 is 10.2 Å². The fraction of sp³-hybridized carbons (Fsp3) is 0.548. The van der Waals surface area contributed by atoms with E-state index >= 15 is 0 Å². The molecule has 2 aromatic rings. The molecule has 2 nitrogen and oxygen atoms in total. The highest BCUT2D eigenvalue weighted by Gasteiger charge is 2.35. The first-order valence-electron chi connectivity index (χ1n) is 12.4. The van der Waals surface area contributed by atoms with Gasteiger partial charge in [-0.05, 0) is 74.8 Å². The molecule has 0 heterocycles. The van der Waals surface area contributed by atoms with Crippen molar-refractivity contribution in [1.29, 1.82) is 0 Å². The first-order chi connectivity index (χ1) is 15.1. The van der Waals surface area contributed by atoms with Gasteiger partial charge in [0.25, 0.3) is 0 Å². The number of rotatable bonds is 3. The minimum Gasteiger partial charge on any atom is -0.507 e. The summed E-state index contributed by atoms with van der Waals surface area (Å²) < 4.78 is 0. The first-order valence-corrected chi connectivity index (χ1v) is 12.4. The van der Waals surface area contributed by atoms with Gasteiger partial charge >= 0.3 is 0 Å². The Morgan fingerprint density at radius 1 is 0.697 bits per heavy atom. The standard InChI is InChI=1S/C31H44O2/c1-18-13-23(28(32)25(15-18)30(5,6)7)27(22-12-11-20(3)21(4)17-22)24-14-19(2)16-26(29(24)33)31(8,9)10/h13-16,22,27,32-33H,11-12,17H2,1-10H3. The topological polar surface area (TPSA) is 40.5 Å². The van der Waals surface area contributed by atoms with E-state index in [1.807, 2.05) is 0 Å². The maximum atomic E-state index is 11.6. The van der Waals surface area contributed by atoms with Crippen molar-refractivity contribution in [2.24, 2.45) is 5.92 Å². The number of aryl methyl sites for hydroxylation is 2. The predicted molar refractivity (Wildman–Crippen MR) is 141 cm³/mol. The molecule has 0 aromatic heterocycles. The predicted octanol–water partition coefficient (Wildman–Crippen LogP) is 8.58. The highest BCUT2D eigenvalue weighted by molar-refractivity contribution is 5.56. The van der Waals surface area contributed by atoms with E-state index in [9.17, 15) is 10.2 Å². The molecule has 0 saturated carbocycles. The zero-order valence-corrected chi connectivity index (χ0v) is 22.5. The monoisotopic (exact) mass is 448 g/mol. The van der Waals surface area contributed by atoms with Crippen LogP contribution in [-0.2, 0) is 10.8 Å². The van der Waals surface area contributed by atoms with Crippen molar-refractivity contribution >= 4 is 0 Å². The lowest BCUT2D eigenvalue weighted by molar-refractivity contribution is 0.371. The van der Waals surface area contributed by atoms with Crippen molar-refractivity contribution in [3.05, 3.63) is 68.8 Å². The van der Waals surface area contributed by atoms with Crippen molar-refractivity contribution in [1.82, 2.24) is 0 Å². The third-order valence-corrected chi connectivity index (χ3v) is 7.51. The summed E-state index contributed by atoms with van der Waals surface area (Å²) in [4.78, 5) is 0. The second-order valence-corrected chi connectivity index (χ2v) is 12.5. The van der Waals surface area contributed by atoms with Gasteiger partial charge in [-0.15, -0.1) is 0 Å². The third kappa shape index (κ3) is 5.15. The van der Waals surface area contributed by atoms with E-state index in [1.54, 1.807) is 0 Å². The molecule has 0 aliphatic heterocycles. The van der Waals surface area contributed by atoms with Gasteiger partial charge in [0.2, 0.25) is 0 Å². The highest BCUT2D eigenvalue weighted by Crippen LogP contribution is 2.50. The number of hydrogen-bond acceptors (Lipinski definition) is 2. The number of benzene rings is 2. The second kappa shape index (κ2) is 8.85. The van der Waals surface area contributed by atoms with Crippen molar-refractivity contribution < 1.29 is 10.2 Å². The van der Waals surface area contributed by atoms with Crippen LogP contribution in [0.25, 0.3) is 0 Å². The average Bonchev–Trinajstić information content (AvgIpc) is 2.67. The summed E-state index contributed by atoms with van der Waals surface area (Å²) in [6.45, 7) is 21.6. The number of phenols is 2. The summed E-state index contributed by atoms with van der Waals surface area (Å²) in [7, 11) is 0. The Bertz CT molecular complexity index is 1000. The summed E-state index contributed by atoms with van der Waals surface area (Å²) in [5.41, 5.74) is 8.77. The van der Waals surface area contributed by atoms with Crippen LogP contribution in [0.4, 0.5) is 0 Å². The van der Waals surface area contributed by atoms with Crippen LogP contribution >= 0.6 is 0 Å². The van der Waals surface area contributed by atoms with Crippen molar-refractivity contribution in [3.63, 3.8) is 0 Å². The summed E-state index contributed by atoms with van der Waals surface area (Å²) in [6.07, 6.45) is 3.13. The van der Waals surface area contributed by atoms with E-state index in [-0.39, 0.29) is 16.7 Å². The van der Waals surface area contributed by atoms with Crippen molar-refractivity contribution in [3.8, 4) is 11.5 Å². The van der Waals surface area contributed by atoms with E-state index in [0.29, 0.717) is 17.4 Å². The molecule has 180 valence electrons. The smallest absolute Gasteiger partial charge is 0.123 e. The van der Waals surface area contributed by atoms with E-state index in [0.717, 1.165) is 52.6 Å². The minimum atomic E-state index is -0.167. The molecule has 2 aromatic carbocycles. The van der Waals surface area contributed by atoms with Crippen LogP contribution in [0.2, 0.25) is 0 Å². The SMILES string of the molecule is CC1=C(C)CC(C(c2cc(C)cc(C(C)(C)C)c2O)c2cc(C)cc(C(C)(C)C)c2O)CC1. The Labute approximate surface area is 201 Å². The second-order valence-electron chi connectivity index (χ2n) is 12.5. The highest BCUT2D eigenvalue weighted by atomic mass is 16.3. The van der Waals surface area contributed by atoms with E-state index in [2.05, 4.69) is 93.5 Å². The summed E-state index contributed by atoms with van der Waals surface area (Å²) in [5.74, 6) is 1.05. The Hall–Kier alpha value is -2.22. The molecule has 1 unspecified atom stereocenters. The number of aromatic hydroxyl groups is 2. The summed E-state index contributed by atoms with van der Waals surface area (Å²) >= 11 is 0. The molecule has 2 N–H and O–H groups in total. The van der Waals surface area contributed by atoms with Gasteiger partial charge in [-0.1, -0.05) is 88.1 Å². The zero-order chi connectivity index (χ0) is 24.9. The van der Waals surface area contributed by atoms with Crippen LogP contribution < -0.4 is 0 Å². The van der Waals surface area contributed by atoms with Crippen molar-refractivity contribution in [2.75, 3.05) is 0 Å². The van der Waals surface area contributed by atoms with Crippen LogP contribution in [0.1, 0.15) is 114 Å². The van der Waals surface area contributed by atoms with E-state index < -0.39 is 0 Å². The lowest BCUT2D eigenvalue weighted by Gasteiger charge is -2.35. The summed E-state index contributed by atoms with van der Waals surface area (Å²) in [5, 5.41) is 23.2. The molecule has 0 fully saturated rings. The third-order valence-electron chi connectivity index (χ3n) is 7.51. The average molecular weight is 449 g/mol. The number of allylic oxidation sites excluding steroid dienone is 2. The van der Waals surface area contributed by atoms with E-state index in [1.165, 1.54) is 11.1 Å². The van der Waals surface area contributed by atoms with Gasteiger partial charge in [0.05, 0.1) is 0 Å². The Morgan fingerprint density at radius 3 is 1.48 bits per heavy atom. The van der Waals surface area contributed by atoms with Gasteiger partial charge in [-0.3, -0.25) is 0 Å². The zero-order valence-electron chi connectivity index (χ0n) is 22.5. The van der Waals surface area contributed by atoms with Crippen LogP contribution in [0, 0.1) is 19.8 Å². The van der Waals surface area contributed by atoms with Gasteiger partial charge in [-0.2, -0.15) is 0 Å². The van der Waals surface area contributed by atoms with E-state index in [4.69, 9.17) is 0 Å². The molecular weight excluding hydrogens is 404 g/mol. The van der Waals surface area contributed by atoms with Crippen molar-refractivity contribution in [2.45, 2.75) is 105 Å². The molecule has 1 aliphatic carbocycles. The fourth-order valence-electron chi connectivity index (χ4n) is 5.48. The van der Waals surface area contributed by atoms with Gasteiger partial charge in [0.15, 0.2) is 0 Å². The van der Waals surface area contributed by atoms with Gasteiger partial charge in [-0.25, -0.2) is 0 Å². The largest absolute Gasteiger partial charge is 0.507 e. The van der Waals surface area contributed by atoms with Crippen LogP contribution in [0.15, 0.2) is 35.4 Å². The number of hydrogen-bond donors (Lipinski definition) is 2. The normalized spacial score (nSPS) is 17.7. The molecule has 0 amide bonds. The maximum absolute atomic E-state index is 11.6. The van der Waals surface area contributed by atoms with Gasteiger partial charge in [0.1, 0.15) is 11.5 Å². The Balaban J connectivity index is 2.34. The fourth-order valence-corrected chi connectivity index (χ4v) is 5.48. The van der Waals surface area contributed by atoms with Crippen LogP contribution in [-0.4, -0.2) is 10.2 Å².